The summed E-state index contributed by atoms with van der Waals surface area (Å²) in [5.41, 5.74) is 6.84. The summed E-state index contributed by atoms with van der Waals surface area (Å²) in [7, 11) is 0. The predicted molar refractivity (Wildman–Crippen MR) is 70.8 cm³/mol. The maximum Gasteiger partial charge on any atom is 0.262 e. The van der Waals surface area contributed by atoms with Gasteiger partial charge in [-0.25, -0.2) is 9.67 Å². The summed E-state index contributed by atoms with van der Waals surface area (Å²) in [5, 5.41) is 4.03. The molecular formula is C13H13N5O2. The quantitative estimate of drug-likeness (QED) is 0.654. The Morgan fingerprint density at radius 2 is 1.95 bits per heavy atom. The standard InChI is InChI=1S/C13H13N5O2/c1-2-18-11(15-7-16-18)6-17-12(19)9-4-3-8(14)5-10(9)13(17)20/h3-5,7H,2,6,14H2,1H3. The van der Waals surface area contributed by atoms with Crippen LogP contribution in [0, 0.1) is 0 Å². The highest BCUT2D eigenvalue weighted by Crippen LogP contribution is 2.25. The fourth-order valence-electron chi connectivity index (χ4n) is 2.27. The largest absolute Gasteiger partial charge is 0.399 e. The van der Waals surface area contributed by atoms with E-state index in [9.17, 15) is 9.59 Å². The number of nitrogens with two attached hydrogens (primary N) is 1. The van der Waals surface area contributed by atoms with Gasteiger partial charge < -0.3 is 5.73 Å². The van der Waals surface area contributed by atoms with Crippen molar-refractivity contribution >= 4 is 17.5 Å². The Hall–Kier alpha value is -2.70. The van der Waals surface area contributed by atoms with Gasteiger partial charge in [0.1, 0.15) is 12.2 Å². The molecule has 1 aromatic carbocycles. The second kappa shape index (κ2) is 4.44. The maximum absolute atomic E-state index is 12.3. The molecule has 2 heterocycles. The van der Waals surface area contributed by atoms with Crippen LogP contribution in [0.4, 0.5) is 5.69 Å². The van der Waals surface area contributed by atoms with Crippen LogP contribution in [0.3, 0.4) is 0 Å². The summed E-state index contributed by atoms with van der Waals surface area (Å²) >= 11 is 0. The molecule has 0 bridgehead atoms. The molecule has 7 heteroatoms. The van der Waals surface area contributed by atoms with E-state index in [1.165, 1.54) is 17.3 Å². The molecule has 1 aliphatic rings. The number of benzene rings is 1. The van der Waals surface area contributed by atoms with Crippen LogP contribution in [0.25, 0.3) is 0 Å². The number of nitrogens with zero attached hydrogens (tertiary/aromatic N) is 4. The molecule has 0 aliphatic carbocycles. The number of fused-ring (bicyclic) bond motifs is 1. The third-order valence-electron chi connectivity index (χ3n) is 3.29. The highest BCUT2D eigenvalue weighted by Gasteiger charge is 2.36. The monoisotopic (exact) mass is 271 g/mol. The summed E-state index contributed by atoms with van der Waals surface area (Å²) in [6.45, 7) is 2.66. The molecule has 0 spiro atoms. The number of amides is 2. The van der Waals surface area contributed by atoms with Crippen LogP contribution in [0.2, 0.25) is 0 Å². The molecular weight excluding hydrogens is 258 g/mol. The van der Waals surface area contributed by atoms with E-state index in [0.29, 0.717) is 29.2 Å². The fraction of sp³-hybridized carbons (Fsp3) is 0.231. The first-order chi connectivity index (χ1) is 9.61. The minimum absolute atomic E-state index is 0.111. The minimum Gasteiger partial charge on any atom is -0.399 e. The Bertz CT molecular complexity index is 707. The lowest BCUT2D eigenvalue weighted by atomic mass is 10.1. The zero-order chi connectivity index (χ0) is 14.3. The van der Waals surface area contributed by atoms with E-state index >= 15 is 0 Å². The number of anilines is 1. The van der Waals surface area contributed by atoms with Gasteiger partial charge in [0.05, 0.1) is 17.7 Å². The molecule has 0 unspecified atom stereocenters. The van der Waals surface area contributed by atoms with Gasteiger partial charge in [-0.2, -0.15) is 5.10 Å². The van der Waals surface area contributed by atoms with Gasteiger partial charge in [0, 0.05) is 12.2 Å². The molecule has 20 heavy (non-hydrogen) atoms. The molecule has 0 fully saturated rings. The Morgan fingerprint density at radius 1 is 1.20 bits per heavy atom. The molecule has 2 aromatic rings. The fourth-order valence-corrected chi connectivity index (χ4v) is 2.27. The van der Waals surface area contributed by atoms with Crippen molar-refractivity contribution in [3.05, 3.63) is 41.5 Å². The molecule has 1 aliphatic heterocycles. The molecule has 102 valence electrons. The second-order valence-electron chi connectivity index (χ2n) is 4.49. The number of rotatable bonds is 3. The molecule has 0 radical (unpaired) electrons. The topological polar surface area (TPSA) is 94.1 Å². The van der Waals surface area contributed by atoms with E-state index in [1.807, 2.05) is 6.92 Å². The number of hydrogen-bond acceptors (Lipinski definition) is 5. The first-order valence-electron chi connectivity index (χ1n) is 6.24. The molecule has 1 aromatic heterocycles. The third-order valence-corrected chi connectivity index (χ3v) is 3.29. The average Bonchev–Trinajstić information content (AvgIpc) is 2.98. The number of hydrogen-bond donors (Lipinski definition) is 1. The SMILES string of the molecule is CCn1ncnc1CN1C(=O)c2ccc(N)cc2C1=O. The molecule has 0 atom stereocenters. The molecule has 7 nitrogen and oxygen atoms in total. The van der Waals surface area contributed by atoms with E-state index in [4.69, 9.17) is 5.73 Å². The normalized spacial score (nSPS) is 13.9. The number of nitrogen functional groups attached to an aromatic ring is 1. The highest BCUT2D eigenvalue weighted by molar-refractivity contribution is 6.21. The molecule has 0 saturated carbocycles. The number of aromatic nitrogens is 3. The molecule has 3 rings (SSSR count). The smallest absolute Gasteiger partial charge is 0.262 e. The lowest BCUT2D eigenvalue weighted by Gasteiger charge is -2.13. The Balaban J connectivity index is 1.94. The van der Waals surface area contributed by atoms with Crippen molar-refractivity contribution in [1.82, 2.24) is 19.7 Å². The first-order valence-corrected chi connectivity index (χ1v) is 6.24. The van der Waals surface area contributed by atoms with E-state index in [-0.39, 0.29) is 18.4 Å². The zero-order valence-electron chi connectivity index (χ0n) is 10.9. The maximum atomic E-state index is 12.3. The summed E-state index contributed by atoms with van der Waals surface area (Å²) in [6, 6.07) is 4.72. The van der Waals surface area contributed by atoms with Crippen molar-refractivity contribution in [2.45, 2.75) is 20.0 Å². The van der Waals surface area contributed by atoms with E-state index in [2.05, 4.69) is 10.1 Å². The van der Waals surface area contributed by atoms with Crippen LogP contribution < -0.4 is 5.73 Å². The van der Waals surface area contributed by atoms with Crippen molar-refractivity contribution < 1.29 is 9.59 Å². The Labute approximate surface area is 115 Å². The van der Waals surface area contributed by atoms with Gasteiger partial charge >= 0.3 is 0 Å². The van der Waals surface area contributed by atoms with Gasteiger partial charge in [-0.15, -0.1) is 0 Å². The average molecular weight is 271 g/mol. The van der Waals surface area contributed by atoms with Crippen molar-refractivity contribution in [2.75, 3.05) is 5.73 Å². The van der Waals surface area contributed by atoms with Crippen LogP contribution in [-0.2, 0) is 13.1 Å². The van der Waals surface area contributed by atoms with Crippen LogP contribution in [0.5, 0.6) is 0 Å². The molecule has 2 N–H and O–H groups in total. The number of carbonyl (C=O) groups excluding carboxylic acids is 2. The predicted octanol–water partition coefficient (Wildman–Crippen LogP) is 0.676. The van der Waals surface area contributed by atoms with Crippen LogP contribution in [0.1, 0.15) is 33.5 Å². The Morgan fingerprint density at radius 3 is 2.70 bits per heavy atom. The van der Waals surface area contributed by atoms with Crippen molar-refractivity contribution in [3.8, 4) is 0 Å². The van der Waals surface area contributed by atoms with Crippen LogP contribution in [-0.4, -0.2) is 31.5 Å². The highest BCUT2D eigenvalue weighted by atomic mass is 16.2. The van der Waals surface area contributed by atoms with Gasteiger partial charge in [0.15, 0.2) is 0 Å². The van der Waals surface area contributed by atoms with Crippen LogP contribution >= 0.6 is 0 Å². The van der Waals surface area contributed by atoms with Gasteiger partial charge in [-0.1, -0.05) is 0 Å². The zero-order valence-corrected chi connectivity index (χ0v) is 10.9. The van der Waals surface area contributed by atoms with E-state index < -0.39 is 0 Å². The van der Waals surface area contributed by atoms with E-state index in [0.717, 1.165) is 0 Å². The lowest BCUT2D eigenvalue weighted by molar-refractivity contribution is 0.0636. The second-order valence-corrected chi connectivity index (χ2v) is 4.49. The van der Waals surface area contributed by atoms with Crippen molar-refractivity contribution in [3.63, 3.8) is 0 Å². The number of imide groups is 1. The van der Waals surface area contributed by atoms with Gasteiger partial charge in [0.2, 0.25) is 0 Å². The lowest BCUT2D eigenvalue weighted by Crippen LogP contribution is -2.30. The van der Waals surface area contributed by atoms with Gasteiger partial charge in [0.25, 0.3) is 11.8 Å². The number of carbonyl (C=O) groups is 2. The minimum atomic E-state index is -0.344. The third kappa shape index (κ3) is 1.75. The summed E-state index contributed by atoms with van der Waals surface area (Å²) in [6.07, 6.45) is 1.41. The number of aryl methyl sites for hydroxylation is 1. The van der Waals surface area contributed by atoms with Crippen molar-refractivity contribution in [2.24, 2.45) is 0 Å². The van der Waals surface area contributed by atoms with Gasteiger partial charge in [-0.3, -0.25) is 14.5 Å². The summed E-state index contributed by atoms with van der Waals surface area (Å²) in [5.74, 6) is -0.0893. The van der Waals surface area contributed by atoms with Crippen molar-refractivity contribution in [1.29, 1.82) is 0 Å². The van der Waals surface area contributed by atoms with Gasteiger partial charge in [-0.05, 0) is 25.1 Å². The first kappa shape index (κ1) is 12.3. The summed E-state index contributed by atoms with van der Waals surface area (Å²) < 4.78 is 1.65. The van der Waals surface area contributed by atoms with E-state index in [1.54, 1.807) is 16.8 Å². The molecule has 0 saturated heterocycles. The Kier molecular flexibility index (Phi) is 2.74. The molecule has 2 amide bonds. The summed E-state index contributed by atoms with van der Waals surface area (Å²) in [4.78, 5) is 29.8. The van der Waals surface area contributed by atoms with Crippen LogP contribution in [0.15, 0.2) is 24.5 Å².